The fourth-order valence-corrected chi connectivity index (χ4v) is 1.90. The van der Waals surface area contributed by atoms with Gasteiger partial charge in [0.05, 0.1) is 38.8 Å². The van der Waals surface area contributed by atoms with Crippen molar-refractivity contribution in [2.24, 2.45) is 5.41 Å². The Hall–Kier alpha value is -2.22. The third-order valence-electron chi connectivity index (χ3n) is 3.30. The van der Waals surface area contributed by atoms with Crippen molar-refractivity contribution in [3.63, 3.8) is 0 Å². The first-order valence-electron chi connectivity index (χ1n) is 5.95. The molecule has 1 aliphatic heterocycles. The number of carbonyl (C=O) groups is 2. The largest absolute Gasteiger partial charge is 0.481 e. The van der Waals surface area contributed by atoms with Gasteiger partial charge in [-0.2, -0.15) is 0 Å². The van der Waals surface area contributed by atoms with Crippen LogP contribution in [0.5, 0.6) is 0 Å². The summed E-state index contributed by atoms with van der Waals surface area (Å²) in [6, 6.07) is -0.456. The van der Waals surface area contributed by atoms with E-state index in [0.717, 1.165) is 0 Å². The van der Waals surface area contributed by atoms with Crippen molar-refractivity contribution in [3.8, 4) is 0 Å². The van der Waals surface area contributed by atoms with Crippen molar-refractivity contribution in [3.05, 3.63) is 18.1 Å². The van der Waals surface area contributed by atoms with E-state index in [1.807, 2.05) is 0 Å². The van der Waals surface area contributed by atoms with Gasteiger partial charge in [0, 0.05) is 0 Å². The Morgan fingerprint density at radius 3 is 2.95 bits per heavy atom. The fraction of sp³-hybridized carbons (Fsp3) is 0.500. The molecule has 8 nitrogen and oxygen atoms in total. The van der Waals surface area contributed by atoms with Crippen LogP contribution in [0, 0.1) is 5.41 Å². The van der Waals surface area contributed by atoms with E-state index in [4.69, 9.17) is 4.74 Å². The molecule has 0 aliphatic carbocycles. The Morgan fingerprint density at radius 2 is 2.30 bits per heavy atom. The maximum absolute atomic E-state index is 11.4. The van der Waals surface area contributed by atoms with Crippen LogP contribution in [0.2, 0.25) is 0 Å². The van der Waals surface area contributed by atoms with Gasteiger partial charge in [-0.1, -0.05) is 0 Å². The molecule has 0 bridgehead atoms. The van der Waals surface area contributed by atoms with Crippen molar-refractivity contribution < 1.29 is 24.2 Å². The molecular formula is C12H15N3O5. The number of ether oxygens (including phenoxy) is 2. The molecular weight excluding hydrogens is 266 g/mol. The number of methoxy groups -OCH3 is 1. The molecule has 1 fully saturated rings. The van der Waals surface area contributed by atoms with Gasteiger partial charge in [-0.05, 0) is 6.92 Å². The predicted molar refractivity (Wildman–Crippen MR) is 67.3 cm³/mol. The van der Waals surface area contributed by atoms with Crippen molar-refractivity contribution in [2.45, 2.75) is 13.0 Å². The molecule has 2 atom stereocenters. The van der Waals surface area contributed by atoms with Crippen LogP contribution in [0.4, 0.5) is 5.82 Å². The first-order chi connectivity index (χ1) is 9.47. The summed E-state index contributed by atoms with van der Waals surface area (Å²) < 4.78 is 9.77. The number of nitrogens with zero attached hydrogens (tertiary/aromatic N) is 2. The van der Waals surface area contributed by atoms with Crippen LogP contribution in [0.15, 0.2) is 12.4 Å². The maximum atomic E-state index is 11.4. The van der Waals surface area contributed by atoms with Crippen LogP contribution < -0.4 is 5.32 Å². The lowest BCUT2D eigenvalue weighted by Gasteiger charge is -2.25. The van der Waals surface area contributed by atoms with E-state index in [0.29, 0.717) is 5.82 Å². The third-order valence-corrected chi connectivity index (χ3v) is 3.30. The number of hydrogen-bond donors (Lipinski definition) is 2. The summed E-state index contributed by atoms with van der Waals surface area (Å²) in [7, 11) is 1.25. The molecule has 0 amide bonds. The number of anilines is 1. The summed E-state index contributed by atoms with van der Waals surface area (Å²) in [5, 5.41) is 12.2. The number of carboxylic acids is 1. The summed E-state index contributed by atoms with van der Waals surface area (Å²) >= 11 is 0. The number of hydrogen-bond acceptors (Lipinski definition) is 7. The minimum absolute atomic E-state index is 0.0495. The number of esters is 1. The Labute approximate surface area is 115 Å². The Bertz CT molecular complexity index is 536. The standard InChI is InChI=1S/C12H15N3O5/c1-12(11(17)18)6-20-5-8(12)15-9-4-13-3-7(14-9)10(16)19-2/h3-4,8H,5-6H2,1-2H3,(H,14,15)(H,17,18). The SMILES string of the molecule is COC(=O)c1cncc(NC2COCC2(C)C(=O)O)n1. The number of nitrogens with one attached hydrogen (secondary N) is 1. The molecule has 2 rings (SSSR count). The van der Waals surface area contributed by atoms with E-state index in [-0.39, 0.29) is 18.9 Å². The lowest BCUT2D eigenvalue weighted by Crippen LogP contribution is -2.43. The van der Waals surface area contributed by atoms with E-state index >= 15 is 0 Å². The number of carbonyl (C=O) groups excluding carboxylic acids is 1. The Balaban J connectivity index is 2.18. The zero-order chi connectivity index (χ0) is 14.8. The number of aromatic nitrogens is 2. The average molecular weight is 281 g/mol. The first kappa shape index (κ1) is 14.2. The molecule has 2 unspecified atom stereocenters. The second kappa shape index (κ2) is 5.41. The van der Waals surface area contributed by atoms with E-state index < -0.39 is 23.4 Å². The normalized spacial score (nSPS) is 25.2. The molecule has 0 saturated carbocycles. The predicted octanol–water partition coefficient (Wildman–Crippen LogP) is 0.165. The van der Waals surface area contributed by atoms with Crippen LogP contribution in [0.1, 0.15) is 17.4 Å². The van der Waals surface area contributed by atoms with E-state index in [2.05, 4.69) is 20.0 Å². The van der Waals surface area contributed by atoms with Crippen LogP contribution >= 0.6 is 0 Å². The van der Waals surface area contributed by atoms with E-state index in [9.17, 15) is 14.7 Å². The van der Waals surface area contributed by atoms with Crippen LogP contribution in [0.3, 0.4) is 0 Å². The summed E-state index contributed by atoms with van der Waals surface area (Å²) in [5.41, 5.74) is -1.00. The van der Waals surface area contributed by atoms with Gasteiger partial charge >= 0.3 is 11.9 Å². The number of aliphatic carboxylic acids is 1. The Kier molecular flexibility index (Phi) is 3.84. The molecule has 2 N–H and O–H groups in total. The lowest BCUT2D eigenvalue weighted by molar-refractivity contribution is -0.148. The minimum atomic E-state index is -1.05. The molecule has 20 heavy (non-hydrogen) atoms. The second-order valence-corrected chi connectivity index (χ2v) is 4.72. The van der Waals surface area contributed by atoms with Crippen molar-refractivity contribution in [2.75, 3.05) is 25.6 Å². The lowest BCUT2D eigenvalue weighted by atomic mass is 9.85. The molecule has 1 aromatic rings. The quantitative estimate of drug-likeness (QED) is 0.751. The summed E-state index contributed by atoms with van der Waals surface area (Å²) in [6.07, 6.45) is 2.69. The van der Waals surface area contributed by atoms with E-state index in [1.165, 1.54) is 19.5 Å². The van der Waals surface area contributed by atoms with Crippen LogP contribution in [-0.2, 0) is 14.3 Å². The zero-order valence-corrected chi connectivity index (χ0v) is 11.1. The molecule has 1 aliphatic rings. The van der Waals surface area contributed by atoms with Gasteiger partial charge in [-0.3, -0.25) is 9.78 Å². The molecule has 0 aromatic carbocycles. The molecule has 108 valence electrons. The fourth-order valence-electron chi connectivity index (χ4n) is 1.90. The highest BCUT2D eigenvalue weighted by Gasteiger charge is 2.46. The summed E-state index contributed by atoms with van der Waals surface area (Å²) in [4.78, 5) is 30.6. The summed E-state index contributed by atoms with van der Waals surface area (Å²) in [5.74, 6) is -1.26. The first-order valence-corrected chi connectivity index (χ1v) is 5.95. The molecule has 0 spiro atoms. The highest BCUT2D eigenvalue weighted by atomic mass is 16.5. The third kappa shape index (κ3) is 2.55. The van der Waals surface area contributed by atoms with Gasteiger partial charge in [0.2, 0.25) is 0 Å². The second-order valence-electron chi connectivity index (χ2n) is 4.72. The van der Waals surface area contributed by atoms with Gasteiger partial charge < -0.3 is 19.9 Å². The summed E-state index contributed by atoms with van der Waals surface area (Å²) in [6.45, 7) is 1.95. The number of carboxylic acid groups (broad SMARTS) is 1. The van der Waals surface area contributed by atoms with Crippen molar-refractivity contribution in [1.29, 1.82) is 0 Å². The maximum Gasteiger partial charge on any atom is 0.358 e. The topological polar surface area (TPSA) is 111 Å². The highest BCUT2D eigenvalue weighted by Crippen LogP contribution is 2.30. The molecule has 2 heterocycles. The van der Waals surface area contributed by atoms with E-state index in [1.54, 1.807) is 6.92 Å². The molecule has 1 saturated heterocycles. The monoisotopic (exact) mass is 281 g/mol. The molecule has 1 aromatic heterocycles. The van der Waals surface area contributed by atoms with Gasteiger partial charge in [0.1, 0.15) is 11.2 Å². The smallest absolute Gasteiger partial charge is 0.358 e. The van der Waals surface area contributed by atoms with Crippen LogP contribution in [0.25, 0.3) is 0 Å². The minimum Gasteiger partial charge on any atom is -0.481 e. The van der Waals surface area contributed by atoms with Crippen molar-refractivity contribution >= 4 is 17.8 Å². The van der Waals surface area contributed by atoms with Crippen molar-refractivity contribution in [1.82, 2.24) is 9.97 Å². The van der Waals surface area contributed by atoms with Gasteiger partial charge in [-0.25, -0.2) is 9.78 Å². The average Bonchev–Trinajstić information content (AvgIpc) is 2.81. The number of rotatable bonds is 4. The van der Waals surface area contributed by atoms with Crippen LogP contribution in [-0.4, -0.2) is 53.4 Å². The molecule has 0 radical (unpaired) electrons. The zero-order valence-electron chi connectivity index (χ0n) is 11.1. The highest BCUT2D eigenvalue weighted by molar-refractivity contribution is 5.87. The van der Waals surface area contributed by atoms with Gasteiger partial charge in [0.25, 0.3) is 0 Å². The molecule has 8 heteroatoms. The Morgan fingerprint density at radius 1 is 1.55 bits per heavy atom. The van der Waals surface area contributed by atoms with Gasteiger partial charge in [0.15, 0.2) is 5.69 Å². The van der Waals surface area contributed by atoms with Gasteiger partial charge in [-0.15, -0.1) is 0 Å².